The number of benzene rings is 2. The molecule has 0 aliphatic rings. The van der Waals surface area contributed by atoms with Crippen LogP contribution in [0.1, 0.15) is 12.5 Å². The van der Waals surface area contributed by atoms with Crippen LogP contribution in [-0.2, 0) is 6.42 Å². The normalized spacial score (nSPS) is 10.8. The quantitative estimate of drug-likeness (QED) is 0.701. The first-order valence-corrected chi connectivity index (χ1v) is 6.35. The van der Waals surface area contributed by atoms with Gasteiger partial charge in [0.05, 0.1) is 16.6 Å². The number of fused-ring (bicyclic) bond motifs is 1. The van der Waals surface area contributed by atoms with Crippen molar-refractivity contribution in [2.45, 2.75) is 13.3 Å². The molecule has 0 N–H and O–H groups in total. The van der Waals surface area contributed by atoms with Crippen LogP contribution < -0.4 is 5.56 Å². The van der Waals surface area contributed by atoms with Crippen LogP contribution in [0.4, 0.5) is 0 Å². The van der Waals surface area contributed by atoms with Crippen LogP contribution in [0.5, 0.6) is 0 Å². The van der Waals surface area contributed by atoms with Gasteiger partial charge in [0.25, 0.3) is 5.56 Å². The van der Waals surface area contributed by atoms with Crippen molar-refractivity contribution in [1.29, 1.82) is 0 Å². The van der Waals surface area contributed by atoms with Crippen molar-refractivity contribution >= 4 is 10.9 Å². The van der Waals surface area contributed by atoms with Gasteiger partial charge in [-0.05, 0) is 36.2 Å². The van der Waals surface area contributed by atoms with Crippen LogP contribution >= 0.6 is 0 Å². The fourth-order valence-electron chi connectivity index (χ4n) is 2.18. The number of aryl methyl sites for hydroxylation is 1. The zero-order valence-electron chi connectivity index (χ0n) is 10.7. The predicted molar refractivity (Wildman–Crippen MR) is 76.7 cm³/mol. The van der Waals surface area contributed by atoms with Gasteiger partial charge in [0.1, 0.15) is 6.33 Å². The molecule has 2 aromatic carbocycles. The molecule has 0 bridgehead atoms. The van der Waals surface area contributed by atoms with Crippen molar-refractivity contribution < 1.29 is 0 Å². The van der Waals surface area contributed by atoms with Crippen molar-refractivity contribution in [3.05, 3.63) is 70.8 Å². The molecule has 0 aliphatic carbocycles. The highest BCUT2D eigenvalue weighted by Gasteiger charge is 2.05. The van der Waals surface area contributed by atoms with Gasteiger partial charge in [-0.25, -0.2) is 4.98 Å². The van der Waals surface area contributed by atoms with Gasteiger partial charge in [-0.15, -0.1) is 0 Å². The third-order valence-electron chi connectivity index (χ3n) is 3.26. The van der Waals surface area contributed by atoms with E-state index in [0.717, 1.165) is 17.6 Å². The maximum Gasteiger partial charge on any atom is 0.265 e. The minimum absolute atomic E-state index is 0.0288. The molecule has 0 aliphatic heterocycles. The topological polar surface area (TPSA) is 34.9 Å². The number of nitrogens with zero attached hydrogens (tertiary/aromatic N) is 2. The molecule has 0 saturated carbocycles. The average Bonchev–Trinajstić information content (AvgIpc) is 2.48. The minimum atomic E-state index is -0.0288. The molecule has 3 heteroatoms. The molecule has 1 heterocycles. The van der Waals surface area contributed by atoms with Gasteiger partial charge in [-0.2, -0.15) is 0 Å². The van der Waals surface area contributed by atoms with Crippen LogP contribution in [0, 0.1) is 0 Å². The van der Waals surface area contributed by atoms with Crippen LogP contribution in [0.15, 0.2) is 59.7 Å². The molecule has 0 fully saturated rings. The van der Waals surface area contributed by atoms with Gasteiger partial charge in [0.15, 0.2) is 0 Å². The van der Waals surface area contributed by atoms with E-state index < -0.39 is 0 Å². The smallest absolute Gasteiger partial charge is 0.265 e. The third kappa shape index (κ3) is 2.03. The largest absolute Gasteiger partial charge is 0.268 e. The van der Waals surface area contributed by atoms with Crippen molar-refractivity contribution in [2.75, 3.05) is 0 Å². The third-order valence-corrected chi connectivity index (χ3v) is 3.26. The molecule has 0 amide bonds. The summed E-state index contributed by atoms with van der Waals surface area (Å²) in [6.45, 7) is 2.10. The Kier molecular flexibility index (Phi) is 2.88. The van der Waals surface area contributed by atoms with E-state index in [0.29, 0.717) is 5.39 Å². The second-order valence-electron chi connectivity index (χ2n) is 4.46. The molecule has 3 aromatic rings. The molecule has 94 valence electrons. The van der Waals surface area contributed by atoms with Crippen molar-refractivity contribution in [3.63, 3.8) is 0 Å². The van der Waals surface area contributed by atoms with Crippen LogP contribution in [0.2, 0.25) is 0 Å². The molecule has 0 saturated heterocycles. The lowest BCUT2D eigenvalue weighted by Crippen LogP contribution is -2.18. The second-order valence-corrected chi connectivity index (χ2v) is 4.46. The van der Waals surface area contributed by atoms with Crippen LogP contribution in [0.25, 0.3) is 16.6 Å². The zero-order chi connectivity index (χ0) is 13.2. The van der Waals surface area contributed by atoms with E-state index in [1.165, 1.54) is 5.56 Å². The average molecular weight is 250 g/mol. The van der Waals surface area contributed by atoms with Crippen LogP contribution in [-0.4, -0.2) is 9.55 Å². The first kappa shape index (κ1) is 11.7. The highest BCUT2D eigenvalue weighted by molar-refractivity contribution is 5.77. The summed E-state index contributed by atoms with van der Waals surface area (Å²) in [5, 5.41) is 0.645. The zero-order valence-corrected chi connectivity index (χ0v) is 10.7. The molecule has 0 radical (unpaired) electrons. The first-order valence-electron chi connectivity index (χ1n) is 6.35. The summed E-state index contributed by atoms with van der Waals surface area (Å²) < 4.78 is 1.60. The van der Waals surface area contributed by atoms with Crippen molar-refractivity contribution in [2.24, 2.45) is 0 Å². The summed E-state index contributed by atoms with van der Waals surface area (Å²) >= 11 is 0. The lowest BCUT2D eigenvalue weighted by atomic mass is 10.1. The summed E-state index contributed by atoms with van der Waals surface area (Å²) in [4.78, 5) is 16.8. The number of rotatable bonds is 2. The van der Waals surface area contributed by atoms with Gasteiger partial charge in [-0.3, -0.25) is 9.36 Å². The Morgan fingerprint density at radius 2 is 1.95 bits per heavy atom. The molecule has 1 aromatic heterocycles. The molecule has 19 heavy (non-hydrogen) atoms. The van der Waals surface area contributed by atoms with Crippen LogP contribution in [0.3, 0.4) is 0 Å². The number of para-hydroxylation sites is 1. The van der Waals surface area contributed by atoms with E-state index >= 15 is 0 Å². The monoisotopic (exact) mass is 250 g/mol. The van der Waals surface area contributed by atoms with Crippen molar-refractivity contribution in [1.82, 2.24) is 9.55 Å². The molecular weight excluding hydrogens is 236 g/mol. The van der Waals surface area contributed by atoms with E-state index in [9.17, 15) is 4.79 Å². The fraction of sp³-hybridized carbons (Fsp3) is 0.125. The minimum Gasteiger partial charge on any atom is -0.268 e. The van der Waals surface area contributed by atoms with Gasteiger partial charge in [0, 0.05) is 0 Å². The number of hydrogen-bond donors (Lipinski definition) is 0. The van der Waals surface area contributed by atoms with Crippen molar-refractivity contribution in [3.8, 4) is 5.69 Å². The van der Waals surface area contributed by atoms with E-state index in [2.05, 4.69) is 18.0 Å². The highest BCUT2D eigenvalue weighted by Crippen LogP contribution is 2.11. The maximum absolute atomic E-state index is 12.5. The molecule has 0 atom stereocenters. The van der Waals surface area contributed by atoms with E-state index in [1.807, 2.05) is 42.5 Å². The Balaban J connectivity index is 2.25. The summed E-state index contributed by atoms with van der Waals surface area (Å²) in [5.41, 5.74) is 2.77. The highest BCUT2D eigenvalue weighted by atomic mass is 16.1. The van der Waals surface area contributed by atoms with Gasteiger partial charge in [0.2, 0.25) is 0 Å². The molecule has 0 spiro atoms. The number of hydrogen-bond acceptors (Lipinski definition) is 2. The van der Waals surface area contributed by atoms with Gasteiger partial charge >= 0.3 is 0 Å². The Labute approximate surface area is 111 Å². The second kappa shape index (κ2) is 4.69. The summed E-state index contributed by atoms with van der Waals surface area (Å²) in [6, 6.07) is 15.4. The Bertz CT molecular complexity index is 790. The first-order chi connectivity index (χ1) is 9.29. The summed E-state index contributed by atoms with van der Waals surface area (Å²) in [6.07, 6.45) is 2.54. The standard InChI is InChI=1S/C16H14N2O/c1-2-12-6-5-7-13(10-12)18-11-17-15-9-4-3-8-14(15)16(18)19/h3-11H,2H2,1H3. The summed E-state index contributed by atoms with van der Waals surface area (Å²) in [7, 11) is 0. The predicted octanol–water partition coefficient (Wildman–Crippen LogP) is 2.95. The maximum atomic E-state index is 12.5. The lowest BCUT2D eigenvalue weighted by molar-refractivity contribution is 0.957. The SMILES string of the molecule is CCc1cccc(-n2cnc3ccccc3c2=O)c1. The molecule has 3 nitrogen and oxygen atoms in total. The van der Waals surface area contributed by atoms with Gasteiger partial charge in [-0.1, -0.05) is 31.2 Å². The molecular formula is C16H14N2O. The Morgan fingerprint density at radius 1 is 1.11 bits per heavy atom. The van der Waals surface area contributed by atoms with E-state index in [-0.39, 0.29) is 5.56 Å². The summed E-state index contributed by atoms with van der Waals surface area (Å²) in [5.74, 6) is 0. The number of aromatic nitrogens is 2. The lowest BCUT2D eigenvalue weighted by Gasteiger charge is -2.07. The molecule has 0 unspecified atom stereocenters. The Hall–Kier alpha value is -2.42. The van der Waals surface area contributed by atoms with Gasteiger partial charge < -0.3 is 0 Å². The Morgan fingerprint density at radius 3 is 2.79 bits per heavy atom. The van der Waals surface area contributed by atoms with E-state index in [1.54, 1.807) is 10.9 Å². The fourth-order valence-corrected chi connectivity index (χ4v) is 2.18. The molecule has 3 rings (SSSR count). The van der Waals surface area contributed by atoms with E-state index in [4.69, 9.17) is 0 Å².